The average Bonchev–Trinajstić information content (AvgIpc) is 2.28. The zero-order chi connectivity index (χ0) is 11.5. The summed E-state index contributed by atoms with van der Waals surface area (Å²) in [5, 5.41) is 8.54. The Balaban J connectivity index is 2.63. The molecule has 3 nitrogen and oxygen atoms in total. The Morgan fingerprint density at radius 1 is 1.31 bits per heavy atom. The van der Waals surface area contributed by atoms with Gasteiger partial charge in [0.05, 0.1) is 17.1 Å². The van der Waals surface area contributed by atoms with E-state index in [4.69, 9.17) is 17.0 Å². The number of halogens is 1. The number of fused-ring (bicyclic) bond motifs is 1. The van der Waals surface area contributed by atoms with Gasteiger partial charge in [-0.1, -0.05) is 18.2 Å². The molecule has 0 saturated carbocycles. The molecule has 0 unspecified atom stereocenters. The van der Waals surface area contributed by atoms with E-state index >= 15 is 0 Å². The van der Waals surface area contributed by atoms with Gasteiger partial charge in [0.25, 0.3) is 0 Å². The van der Waals surface area contributed by atoms with Crippen LogP contribution in [0.5, 0.6) is 0 Å². The second kappa shape index (κ2) is 4.58. The monoisotopic (exact) mass is 233 g/mol. The molecule has 0 aliphatic rings. The molecular weight excluding hydrogens is 222 g/mol. The summed E-state index contributed by atoms with van der Waals surface area (Å²) in [4.78, 5) is 8.72. The standard InChI is InChI=1S/C12H12ClN3/c1-8(14)6-11-9-4-2-3-5-10(9)15-12(7-13)16-11/h2-5,14H,6-7H2,1H3. The maximum Gasteiger partial charge on any atom is 0.144 e. The van der Waals surface area contributed by atoms with Gasteiger partial charge in [0, 0.05) is 17.5 Å². The van der Waals surface area contributed by atoms with Crippen molar-refractivity contribution in [1.82, 2.24) is 9.97 Å². The fourth-order valence-electron chi connectivity index (χ4n) is 1.64. The normalized spacial score (nSPS) is 10.6. The van der Waals surface area contributed by atoms with Crippen LogP contribution in [0, 0.1) is 5.41 Å². The average molecular weight is 234 g/mol. The third kappa shape index (κ3) is 2.19. The molecule has 2 aromatic rings. The fourth-order valence-corrected chi connectivity index (χ4v) is 1.76. The third-order valence-electron chi connectivity index (χ3n) is 2.28. The number of hydrogen-bond acceptors (Lipinski definition) is 3. The van der Waals surface area contributed by atoms with Gasteiger partial charge >= 0.3 is 0 Å². The van der Waals surface area contributed by atoms with Crippen LogP contribution in [-0.2, 0) is 12.3 Å². The number of hydrogen-bond donors (Lipinski definition) is 1. The van der Waals surface area contributed by atoms with Crippen LogP contribution in [0.2, 0.25) is 0 Å². The Morgan fingerprint density at radius 2 is 2.06 bits per heavy atom. The zero-order valence-electron chi connectivity index (χ0n) is 9.00. The molecule has 0 radical (unpaired) electrons. The summed E-state index contributed by atoms with van der Waals surface area (Å²) in [6.45, 7) is 1.78. The van der Waals surface area contributed by atoms with Crippen LogP contribution in [0.15, 0.2) is 24.3 Å². The van der Waals surface area contributed by atoms with E-state index in [1.165, 1.54) is 0 Å². The summed E-state index contributed by atoms with van der Waals surface area (Å²) in [5.74, 6) is 0.922. The van der Waals surface area contributed by atoms with E-state index in [0.29, 0.717) is 23.8 Å². The first-order chi connectivity index (χ1) is 7.70. The van der Waals surface area contributed by atoms with E-state index < -0.39 is 0 Å². The molecule has 0 aliphatic heterocycles. The van der Waals surface area contributed by atoms with E-state index in [9.17, 15) is 0 Å². The van der Waals surface area contributed by atoms with Crippen LogP contribution in [0.3, 0.4) is 0 Å². The van der Waals surface area contributed by atoms with Crippen molar-refractivity contribution in [1.29, 1.82) is 5.41 Å². The molecule has 82 valence electrons. The first-order valence-corrected chi connectivity index (χ1v) is 5.58. The fraction of sp³-hybridized carbons (Fsp3) is 0.250. The number of rotatable bonds is 3. The van der Waals surface area contributed by atoms with E-state index in [-0.39, 0.29) is 0 Å². The Bertz CT molecular complexity index is 537. The third-order valence-corrected chi connectivity index (χ3v) is 2.52. The van der Waals surface area contributed by atoms with Crippen LogP contribution < -0.4 is 0 Å². The number of nitrogens with one attached hydrogen (secondary N) is 1. The highest BCUT2D eigenvalue weighted by Crippen LogP contribution is 2.17. The number of nitrogens with zero attached hydrogens (tertiary/aromatic N) is 2. The van der Waals surface area contributed by atoms with Crippen molar-refractivity contribution < 1.29 is 0 Å². The summed E-state index contributed by atoms with van der Waals surface area (Å²) in [6.07, 6.45) is 0.549. The Kier molecular flexibility index (Phi) is 3.15. The van der Waals surface area contributed by atoms with Gasteiger partial charge in [0.1, 0.15) is 5.82 Å². The number of benzene rings is 1. The molecular formula is C12H12ClN3. The molecule has 0 saturated heterocycles. The van der Waals surface area contributed by atoms with Crippen LogP contribution in [-0.4, -0.2) is 15.7 Å². The van der Waals surface area contributed by atoms with Gasteiger partial charge in [-0.05, 0) is 13.0 Å². The molecule has 1 aromatic carbocycles. The zero-order valence-corrected chi connectivity index (χ0v) is 9.75. The molecule has 0 bridgehead atoms. The second-order valence-corrected chi connectivity index (χ2v) is 3.96. The van der Waals surface area contributed by atoms with Gasteiger partial charge < -0.3 is 5.41 Å². The molecule has 0 atom stereocenters. The Hall–Kier alpha value is -1.48. The molecule has 0 spiro atoms. The minimum Gasteiger partial charge on any atom is -0.310 e. The maximum atomic E-state index is 7.54. The SMILES string of the molecule is CC(=N)Cc1nc(CCl)nc2ccccc12. The Morgan fingerprint density at radius 3 is 2.75 bits per heavy atom. The van der Waals surface area contributed by atoms with Crippen molar-refractivity contribution in [3.05, 3.63) is 35.8 Å². The lowest BCUT2D eigenvalue weighted by Crippen LogP contribution is -2.03. The second-order valence-electron chi connectivity index (χ2n) is 3.69. The van der Waals surface area contributed by atoms with Crippen molar-refractivity contribution in [3.8, 4) is 0 Å². The molecule has 4 heteroatoms. The summed E-state index contributed by atoms with van der Waals surface area (Å²) in [5.41, 5.74) is 2.36. The number of alkyl halides is 1. The minimum absolute atomic E-state index is 0.300. The predicted octanol–water partition coefficient (Wildman–Crippen LogP) is 2.95. The summed E-state index contributed by atoms with van der Waals surface area (Å²) >= 11 is 5.76. The first-order valence-electron chi connectivity index (χ1n) is 5.05. The molecule has 16 heavy (non-hydrogen) atoms. The molecule has 0 aliphatic carbocycles. The molecule has 0 amide bonds. The highest BCUT2D eigenvalue weighted by molar-refractivity contribution is 6.16. The van der Waals surface area contributed by atoms with Crippen LogP contribution in [0.25, 0.3) is 10.9 Å². The number of aromatic nitrogens is 2. The van der Waals surface area contributed by atoms with Gasteiger partial charge in [0.2, 0.25) is 0 Å². The van der Waals surface area contributed by atoms with E-state index in [1.54, 1.807) is 6.92 Å². The molecule has 0 fully saturated rings. The molecule has 1 N–H and O–H groups in total. The highest BCUT2D eigenvalue weighted by Gasteiger charge is 2.07. The van der Waals surface area contributed by atoms with Gasteiger partial charge in [-0.2, -0.15) is 0 Å². The molecule has 1 aromatic heterocycles. The Labute approximate surface area is 99.0 Å². The lowest BCUT2D eigenvalue weighted by atomic mass is 10.1. The van der Waals surface area contributed by atoms with Crippen molar-refractivity contribution in [2.45, 2.75) is 19.2 Å². The van der Waals surface area contributed by atoms with Crippen LogP contribution in [0.4, 0.5) is 0 Å². The largest absolute Gasteiger partial charge is 0.310 e. The number of para-hydroxylation sites is 1. The van der Waals surface area contributed by atoms with Gasteiger partial charge in [-0.3, -0.25) is 0 Å². The maximum absolute atomic E-state index is 7.54. The highest BCUT2D eigenvalue weighted by atomic mass is 35.5. The first kappa shape index (κ1) is 11.0. The predicted molar refractivity (Wildman–Crippen MR) is 66.2 cm³/mol. The van der Waals surface area contributed by atoms with E-state index in [2.05, 4.69) is 9.97 Å². The van der Waals surface area contributed by atoms with Crippen LogP contribution in [0.1, 0.15) is 18.4 Å². The van der Waals surface area contributed by atoms with Crippen molar-refractivity contribution >= 4 is 28.2 Å². The van der Waals surface area contributed by atoms with Crippen LogP contribution >= 0.6 is 11.6 Å². The smallest absolute Gasteiger partial charge is 0.144 e. The minimum atomic E-state index is 0.300. The summed E-state index contributed by atoms with van der Waals surface area (Å²) in [6, 6.07) is 7.81. The van der Waals surface area contributed by atoms with E-state index in [1.807, 2.05) is 24.3 Å². The van der Waals surface area contributed by atoms with Gasteiger partial charge in [0.15, 0.2) is 0 Å². The summed E-state index contributed by atoms with van der Waals surface area (Å²) < 4.78 is 0. The van der Waals surface area contributed by atoms with E-state index in [0.717, 1.165) is 16.6 Å². The topological polar surface area (TPSA) is 49.6 Å². The summed E-state index contributed by atoms with van der Waals surface area (Å²) in [7, 11) is 0. The molecule has 1 heterocycles. The lowest BCUT2D eigenvalue weighted by molar-refractivity contribution is 1.01. The van der Waals surface area contributed by atoms with Gasteiger partial charge in [-0.15, -0.1) is 11.6 Å². The van der Waals surface area contributed by atoms with Crippen molar-refractivity contribution in [2.24, 2.45) is 0 Å². The van der Waals surface area contributed by atoms with Gasteiger partial charge in [-0.25, -0.2) is 9.97 Å². The van der Waals surface area contributed by atoms with Crippen molar-refractivity contribution in [2.75, 3.05) is 0 Å². The molecule has 2 rings (SSSR count). The quantitative estimate of drug-likeness (QED) is 0.655. The van der Waals surface area contributed by atoms with Crippen molar-refractivity contribution in [3.63, 3.8) is 0 Å². The lowest BCUT2D eigenvalue weighted by Gasteiger charge is -2.06.